The van der Waals surface area contributed by atoms with E-state index in [9.17, 15) is 4.79 Å². The summed E-state index contributed by atoms with van der Waals surface area (Å²) in [7, 11) is 4.19. The molecule has 0 radical (unpaired) electrons. The summed E-state index contributed by atoms with van der Waals surface area (Å²) in [5.74, 6) is 0.210. The monoisotopic (exact) mass is 301 g/mol. The van der Waals surface area contributed by atoms with Crippen LogP contribution in [0.1, 0.15) is 6.23 Å². The number of nitrogen functional groups attached to an aromatic ring is 1. The van der Waals surface area contributed by atoms with Gasteiger partial charge in [-0.2, -0.15) is 4.98 Å². The standard InChI is InChI=1S/C11H20N5O3P/c1-15(2)20-18-7-8-5-13-6-10(19-8)16-4-3-9(12)14-11(16)17/h3-4,8,10,13,20H,5-7H2,1-2H3,(H2,12,14,17)/t8-,10+/m0/s1. The molecule has 1 unspecified atom stereocenters. The third-order valence-corrected chi connectivity index (χ3v) is 3.38. The second kappa shape index (κ2) is 7.10. The van der Waals surface area contributed by atoms with Gasteiger partial charge in [0.15, 0.2) is 6.23 Å². The van der Waals surface area contributed by atoms with Crippen molar-refractivity contribution in [2.75, 3.05) is 39.5 Å². The van der Waals surface area contributed by atoms with Gasteiger partial charge >= 0.3 is 5.69 Å². The molecule has 9 heteroatoms. The maximum atomic E-state index is 11.8. The first-order chi connectivity index (χ1) is 9.56. The average Bonchev–Trinajstić information content (AvgIpc) is 2.38. The first kappa shape index (κ1) is 15.3. The summed E-state index contributed by atoms with van der Waals surface area (Å²) in [5.41, 5.74) is 5.07. The lowest BCUT2D eigenvalue weighted by Crippen LogP contribution is -2.46. The Morgan fingerprint density at radius 1 is 1.65 bits per heavy atom. The van der Waals surface area contributed by atoms with Crippen LogP contribution in [0.5, 0.6) is 0 Å². The normalized spacial score (nSPS) is 23.8. The molecule has 20 heavy (non-hydrogen) atoms. The van der Waals surface area contributed by atoms with Crippen molar-refractivity contribution in [2.45, 2.75) is 12.3 Å². The van der Waals surface area contributed by atoms with Crippen molar-refractivity contribution < 1.29 is 9.26 Å². The van der Waals surface area contributed by atoms with Crippen molar-refractivity contribution in [3.05, 3.63) is 22.7 Å². The van der Waals surface area contributed by atoms with E-state index in [0.29, 0.717) is 28.7 Å². The number of hydrogen-bond donors (Lipinski definition) is 2. The fourth-order valence-electron chi connectivity index (χ4n) is 1.85. The molecule has 8 nitrogen and oxygen atoms in total. The number of aromatic nitrogens is 2. The van der Waals surface area contributed by atoms with Gasteiger partial charge in [0.05, 0.1) is 21.7 Å². The van der Waals surface area contributed by atoms with Crippen LogP contribution in [0.4, 0.5) is 5.82 Å². The highest BCUT2D eigenvalue weighted by Gasteiger charge is 2.24. The molecule has 1 aromatic rings. The minimum absolute atomic E-state index is 0.0920. The number of ether oxygens (including phenoxy) is 1. The van der Waals surface area contributed by atoms with E-state index in [-0.39, 0.29) is 18.1 Å². The minimum Gasteiger partial charge on any atom is -0.383 e. The zero-order valence-electron chi connectivity index (χ0n) is 11.6. The lowest BCUT2D eigenvalue weighted by molar-refractivity contribution is -0.0920. The van der Waals surface area contributed by atoms with Crippen LogP contribution in [0, 0.1) is 0 Å². The van der Waals surface area contributed by atoms with Gasteiger partial charge in [-0.3, -0.25) is 9.24 Å². The maximum Gasteiger partial charge on any atom is 0.351 e. The number of nitrogens with one attached hydrogen (secondary N) is 1. The fourth-order valence-corrected chi connectivity index (χ4v) is 2.37. The van der Waals surface area contributed by atoms with Crippen molar-refractivity contribution in [1.82, 2.24) is 19.5 Å². The van der Waals surface area contributed by atoms with Crippen LogP contribution in [0.2, 0.25) is 0 Å². The predicted molar refractivity (Wildman–Crippen MR) is 77.6 cm³/mol. The summed E-state index contributed by atoms with van der Waals surface area (Å²) in [4.78, 5) is 15.5. The van der Waals surface area contributed by atoms with E-state index in [4.69, 9.17) is 15.0 Å². The van der Waals surface area contributed by atoms with Gasteiger partial charge in [-0.1, -0.05) is 0 Å². The highest BCUT2D eigenvalue weighted by Crippen LogP contribution is 2.18. The quantitative estimate of drug-likeness (QED) is 0.701. The van der Waals surface area contributed by atoms with Crippen molar-refractivity contribution in [3.63, 3.8) is 0 Å². The number of nitrogens with zero attached hydrogens (tertiary/aromatic N) is 3. The molecule has 2 rings (SSSR count). The third-order valence-electron chi connectivity index (χ3n) is 2.72. The topological polar surface area (TPSA) is 94.6 Å². The van der Waals surface area contributed by atoms with Gasteiger partial charge in [-0.25, -0.2) is 4.79 Å². The van der Waals surface area contributed by atoms with Crippen LogP contribution in [0.3, 0.4) is 0 Å². The second-order valence-electron chi connectivity index (χ2n) is 4.71. The maximum absolute atomic E-state index is 11.8. The van der Waals surface area contributed by atoms with Gasteiger partial charge < -0.3 is 20.3 Å². The lowest BCUT2D eigenvalue weighted by Gasteiger charge is -2.31. The molecule has 112 valence electrons. The molecule has 0 saturated carbocycles. The molecule has 0 bridgehead atoms. The van der Waals surface area contributed by atoms with Crippen LogP contribution >= 0.6 is 8.96 Å². The van der Waals surface area contributed by atoms with Crippen molar-refractivity contribution in [3.8, 4) is 0 Å². The molecule has 1 saturated heterocycles. The number of morpholine rings is 1. The van der Waals surface area contributed by atoms with Crippen LogP contribution in [-0.2, 0) is 9.26 Å². The Morgan fingerprint density at radius 2 is 2.45 bits per heavy atom. The van der Waals surface area contributed by atoms with Gasteiger partial charge in [0.1, 0.15) is 5.82 Å². The molecule has 3 N–H and O–H groups in total. The van der Waals surface area contributed by atoms with E-state index in [2.05, 4.69) is 10.3 Å². The highest BCUT2D eigenvalue weighted by atomic mass is 31.1. The Hall–Kier alpha value is -1.05. The van der Waals surface area contributed by atoms with E-state index in [1.807, 2.05) is 18.8 Å². The Morgan fingerprint density at radius 3 is 3.15 bits per heavy atom. The molecule has 1 fully saturated rings. The number of anilines is 1. The van der Waals surface area contributed by atoms with Crippen LogP contribution in [0.15, 0.2) is 17.1 Å². The molecule has 3 atom stereocenters. The molecule has 1 aromatic heterocycles. The number of nitrogens with two attached hydrogens (primary N) is 1. The molecule has 0 aromatic carbocycles. The van der Waals surface area contributed by atoms with E-state index in [1.54, 1.807) is 12.3 Å². The van der Waals surface area contributed by atoms with Gasteiger partial charge in [-0.15, -0.1) is 0 Å². The summed E-state index contributed by atoms with van der Waals surface area (Å²) < 4.78 is 14.8. The summed E-state index contributed by atoms with van der Waals surface area (Å²) in [6.45, 7) is 1.74. The highest BCUT2D eigenvalue weighted by molar-refractivity contribution is 7.29. The molecule has 1 aliphatic rings. The zero-order chi connectivity index (χ0) is 14.5. The van der Waals surface area contributed by atoms with Gasteiger partial charge in [-0.05, 0) is 20.2 Å². The predicted octanol–water partition coefficient (Wildman–Crippen LogP) is -0.601. The Labute approximate surface area is 119 Å². The van der Waals surface area contributed by atoms with E-state index in [0.717, 1.165) is 0 Å². The molecule has 0 amide bonds. The SMILES string of the molecule is CN(C)POC[C@@H]1CNC[C@H](n2ccc(N)nc2=O)O1. The summed E-state index contributed by atoms with van der Waals surface area (Å²) in [5, 5.41) is 3.23. The second-order valence-corrected chi connectivity index (χ2v) is 6.08. The lowest BCUT2D eigenvalue weighted by atomic mass is 10.3. The van der Waals surface area contributed by atoms with Gasteiger partial charge in [0, 0.05) is 19.3 Å². The van der Waals surface area contributed by atoms with Crippen LogP contribution in [0.25, 0.3) is 0 Å². The Bertz CT molecular complexity index is 495. The first-order valence-electron chi connectivity index (χ1n) is 6.32. The molecule has 0 aliphatic carbocycles. The van der Waals surface area contributed by atoms with E-state index < -0.39 is 5.69 Å². The van der Waals surface area contributed by atoms with E-state index in [1.165, 1.54) is 4.57 Å². The Kier molecular flexibility index (Phi) is 5.45. The largest absolute Gasteiger partial charge is 0.383 e. The molecule has 2 heterocycles. The summed E-state index contributed by atoms with van der Waals surface area (Å²) >= 11 is 0. The molecule has 1 aliphatic heterocycles. The fraction of sp³-hybridized carbons (Fsp3) is 0.636. The minimum atomic E-state index is -0.409. The van der Waals surface area contributed by atoms with Crippen molar-refractivity contribution in [2.24, 2.45) is 0 Å². The van der Waals surface area contributed by atoms with Crippen LogP contribution in [-0.4, -0.2) is 54.1 Å². The van der Waals surface area contributed by atoms with Gasteiger partial charge in [0.2, 0.25) is 0 Å². The van der Waals surface area contributed by atoms with Gasteiger partial charge in [0.25, 0.3) is 0 Å². The average molecular weight is 301 g/mol. The molecule has 0 spiro atoms. The zero-order valence-corrected chi connectivity index (χ0v) is 12.6. The smallest absolute Gasteiger partial charge is 0.351 e. The van der Waals surface area contributed by atoms with Crippen molar-refractivity contribution >= 4 is 14.8 Å². The molecular weight excluding hydrogens is 281 g/mol. The number of rotatable bonds is 5. The first-order valence-corrected chi connectivity index (χ1v) is 7.17. The Balaban J connectivity index is 1.94. The summed E-state index contributed by atoms with van der Waals surface area (Å²) in [6.07, 6.45) is 1.12. The summed E-state index contributed by atoms with van der Waals surface area (Å²) in [6, 6.07) is 1.58. The van der Waals surface area contributed by atoms with E-state index >= 15 is 0 Å². The van der Waals surface area contributed by atoms with Crippen molar-refractivity contribution in [1.29, 1.82) is 0 Å². The third kappa shape index (κ3) is 4.22. The molecular formula is C11H20N5O3P. The van der Waals surface area contributed by atoms with Crippen LogP contribution < -0.4 is 16.7 Å². The number of hydrogen-bond acceptors (Lipinski definition) is 7.